The fourth-order valence-corrected chi connectivity index (χ4v) is 3.27. The van der Waals surface area contributed by atoms with Crippen LogP contribution < -0.4 is 10.9 Å². The molecule has 0 spiro atoms. The van der Waals surface area contributed by atoms with E-state index in [1.54, 1.807) is 13.8 Å². The summed E-state index contributed by atoms with van der Waals surface area (Å²) in [5.74, 6) is -0.422. The van der Waals surface area contributed by atoms with Crippen LogP contribution in [-0.2, 0) is 16.0 Å². The lowest BCUT2D eigenvalue weighted by Crippen LogP contribution is -2.44. The molecule has 0 fully saturated rings. The molecule has 0 saturated carbocycles. The smallest absolute Gasteiger partial charge is 0.248 e. The predicted molar refractivity (Wildman–Crippen MR) is 102 cm³/mol. The lowest BCUT2D eigenvalue weighted by Gasteiger charge is -2.12. The molecule has 134 valence electrons. The molecule has 0 aliphatic carbocycles. The summed E-state index contributed by atoms with van der Waals surface area (Å²) in [6.45, 7) is 9.75. The van der Waals surface area contributed by atoms with E-state index in [0.717, 1.165) is 33.5 Å². The summed E-state index contributed by atoms with van der Waals surface area (Å²) in [6.07, 6.45) is 0.852. The first-order chi connectivity index (χ1) is 11.8. The first-order valence-electron chi connectivity index (χ1n) is 8.44. The van der Waals surface area contributed by atoms with Crippen molar-refractivity contribution in [3.63, 3.8) is 0 Å². The fraction of sp³-hybridized carbons (Fsp3) is 0.421. The summed E-state index contributed by atoms with van der Waals surface area (Å²) in [4.78, 5) is 28.2. The fourth-order valence-electron chi connectivity index (χ4n) is 2.38. The topological polar surface area (TPSA) is 71.1 Å². The highest BCUT2D eigenvalue weighted by atomic mass is 32.2. The van der Waals surface area contributed by atoms with Gasteiger partial charge in [0.15, 0.2) is 0 Å². The van der Waals surface area contributed by atoms with Gasteiger partial charge < -0.3 is 0 Å². The van der Waals surface area contributed by atoms with Crippen LogP contribution in [0, 0.1) is 19.8 Å². The zero-order valence-electron chi connectivity index (χ0n) is 15.4. The number of pyridine rings is 1. The molecule has 2 N–H and O–H groups in total. The van der Waals surface area contributed by atoms with E-state index in [1.165, 1.54) is 17.3 Å². The van der Waals surface area contributed by atoms with Crippen molar-refractivity contribution in [2.75, 3.05) is 5.75 Å². The summed E-state index contributed by atoms with van der Waals surface area (Å²) in [6, 6.07) is 6.35. The molecule has 1 aromatic heterocycles. The Morgan fingerprint density at radius 2 is 1.84 bits per heavy atom. The summed E-state index contributed by atoms with van der Waals surface area (Å²) >= 11 is 1.39. The Labute approximate surface area is 152 Å². The highest BCUT2D eigenvalue weighted by Crippen LogP contribution is 2.28. The van der Waals surface area contributed by atoms with Crippen LogP contribution in [0.5, 0.6) is 0 Å². The van der Waals surface area contributed by atoms with E-state index < -0.39 is 0 Å². The lowest BCUT2D eigenvalue weighted by atomic mass is 10.0. The van der Waals surface area contributed by atoms with Crippen LogP contribution in [0.15, 0.2) is 23.2 Å². The van der Waals surface area contributed by atoms with Crippen molar-refractivity contribution in [2.24, 2.45) is 5.92 Å². The third kappa shape index (κ3) is 4.72. The standard InChI is InChI=1S/C19H25N3O2S/c1-6-14-9-15-12(4)7-8-13(5)17(15)20-19(14)25-10-16(23)21-22-18(24)11(2)3/h7-9,11H,6,10H2,1-5H3,(H,21,23)(H,22,24). The van der Waals surface area contributed by atoms with Crippen molar-refractivity contribution < 1.29 is 9.59 Å². The van der Waals surface area contributed by atoms with Gasteiger partial charge in [-0.2, -0.15) is 0 Å². The highest BCUT2D eigenvalue weighted by molar-refractivity contribution is 7.99. The minimum Gasteiger partial charge on any atom is -0.273 e. The third-order valence-electron chi connectivity index (χ3n) is 4.01. The number of hydrogen-bond acceptors (Lipinski definition) is 4. The van der Waals surface area contributed by atoms with Crippen molar-refractivity contribution in [1.82, 2.24) is 15.8 Å². The van der Waals surface area contributed by atoms with Gasteiger partial charge in [-0.15, -0.1) is 0 Å². The molecule has 0 aliphatic heterocycles. The van der Waals surface area contributed by atoms with E-state index in [9.17, 15) is 9.59 Å². The van der Waals surface area contributed by atoms with Crippen molar-refractivity contribution in [3.05, 3.63) is 34.9 Å². The lowest BCUT2D eigenvalue weighted by molar-refractivity contribution is -0.129. The molecule has 5 nitrogen and oxygen atoms in total. The molecule has 1 aromatic carbocycles. The summed E-state index contributed by atoms with van der Waals surface area (Å²) < 4.78 is 0. The highest BCUT2D eigenvalue weighted by Gasteiger charge is 2.13. The van der Waals surface area contributed by atoms with Gasteiger partial charge in [-0.3, -0.25) is 20.4 Å². The minimum absolute atomic E-state index is 0.173. The molecule has 0 radical (unpaired) electrons. The zero-order valence-corrected chi connectivity index (χ0v) is 16.2. The van der Waals surface area contributed by atoms with Crippen LogP contribution in [0.2, 0.25) is 0 Å². The number of hydrazine groups is 1. The van der Waals surface area contributed by atoms with E-state index in [2.05, 4.69) is 42.9 Å². The number of fused-ring (bicyclic) bond motifs is 1. The second-order valence-electron chi connectivity index (χ2n) is 6.38. The van der Waals surface area contributed by atoms with E-state index in [4.69, 9.17) is 4.98 Å². The van der Waals surface area contributed by atoms with E-state index in [0.29, 0.717) is 0 Å². The number of carbonyl (C=O) groups is 2. The number of rotatable bonds is 5. The molecule has 0 saturated heterocycles. The number of thioether (sulfide) groups is 1. The Morgan fingerprint density at radius 1 is 1.16 bits per heavy atom. The Hall–Kier alpha value is -2.08. The van der Waals surface area contributed by atoms with Crippen LogP contribution in [0.4, 0.5) is 0 Å². The van der Waals surface area contributed by atoms with Crippen LogP contribution in [0.3, 0.4) is 0 Å². The molecule has 0 atom stereocenters. The average Bonchev–Trinajstić information content (AvgIpc) is 2.60. The maximum atomic E-state index is 12.0. The Morgan fingerprint density at radius 3 is 2.48 bits per heavy atom. The van der Waals surface area contributed by atoms with Crippen LogP contribution in [-0.4, -0.2) is 22.6 Å². The van der Waals surface area contributed by atoms with Gasteiger partial charge in [-0.1, -0.05) is 44.7 Å². The maximum Gasteiger partial charge on any atom is 0.248 e. The zero-order chi connectivity index (χ0) is 18.6. The average molecular weight is 359 g/mol. The Balaban J connectivity index is 2.14. The summed E-state index contributed by atoms with van der Waals surface area (Å²) in [5, 5.41) is 2.03. The SMILES string of the molecule is CCc1cc2c(C)ccc(C)c2nc1SCC(=O)NNC(=O)C(C)C. The Kier molecular flexibility index (Phi) is 6.42. The van der Waals surface area contributed by atoms with Gasteiger partial charge in [0.2, 0.25) is 11.8 Å². The van der Waals surface area contributed by atoms with E-state index >= 15 is 0 Å². The maximum absolute atomic E-state index is 12.0. The molecule has 0 unspecified atom stereocenters. The molecule has 2 aromatic rings. The van der Waals surface area contributed by atoms with Crippen LogP contribution in [0.25, 0.3) is 10.9 Å². The molecule has 25 heavy (non-hydrogen) atoms. The van der Waals surface area contributed by atoms with E-state index in [-0.39, 0.29) is 23.5 Å². The molecule has 0 aliphatic rings. The number of carbonyl (C=O) groups excluding carboxylic acids is 2. The molecule has 2 amide bonds. The molecule has 0 bridgehead atoms. The van der Waals surface area contributed by atoms with Gasteiger partial charge in [0.1, 0.15) is 5.03 Å². The van der Waals surface area contributed by atoms with E-state index in [1.807, 2.05) is 6.92 Å². The molecular formula is C19H25N3O2S. The normalized spacial score (nSPS) is 11.0. The van der Waals surface area contributed by atoms with Gasteiger partial charge in [0.05, 0.1) is 11.3 Å². The second-order valence-corrected chi connectivity index (χ2v) is 7.35. The van der Waals surface area contributed by atoms with Crippen molar-refractivity contribution >= 4 is 34.5 Å². The summed E-state index contributed by atoms with van der Waals surface area (Å²) in [7, 11) is 0. The predicted octanol–water partition coefficient (Wildman–Crippen LogP) is 3.31. The summed E-state index contributed by atoms with van der Waals surface area (Å²) in [5.41, 5.74) is 9.30. The molecule has 1 heterocycles. The number of amides is 2. The number of benzene rings is 1. The number of nitrogens with one attached hydrogen (secondary N) is 2. The quantitative estimate of drug-likeness (QED) is 0.635. The largest absolute Gasteiger partial charge is 0.273 e. The third-order valence-corrected chi connectivity index (χ3v) is 5.05. The molecular weight excluding hydrogens is 334 g/mol. The Bertz CT molecular complexity index is 803. The van der Waals surface area contributed by atoms with Gasteiger partial charge in [0.25, 0.3) is 0 Å². The van der Waals surface area contributed by atoms with Gasteiger partial charge >= 0.3 is 0 Å². The molecule has 2 rings (SSSR count). The number of aromatic nitrogens is 1. The molecule has 6 heteroatoms. The number of nitrogens with zero attached hydrogens (tertiary/aromatic N) is 1. The van der Waals surface area contributed by atoms with Crippen molar-refractivity contribution in [3.8, 4) is 0 Å². The monoisotopic (exact) mass is 359 g/mol. The van der Waals surface area contributed by atoms with Gasteiger partial charge in [0, 0.05) is 11.3 Å². The first-order valence-corrected chi connectivity index (χ1v) is 9.43. The minimum atomic E-state index is -0.246. The van der Waals surface area contributed by atoms with Crippen molar-refractivity contribution in [1.29, 1.82) is 0 Å². The van der Waals surface area contributed by atoms with Gasteiger partial charge in [-0.05, 0) is 43.0 Å². The first kappa shape index (κ1) is 19.2. The van der Waals surface area contributed by atoms with Crippen molar-refractivity contribution in [2.45, 2.75) is 46.1 Å². The number of hydrogen-bond donors (Lipinski definition) is 2. The second kappa shape index (κ2) is 8.34. The van der Waals surface area contributed by atoms with Crippen LogP contribution in [0.1, 0.15) is 37.5 Å². The number of aryl methyl sites for hydroxylation is 3. The van der Waals surface area contributed by atoms with Crippen LogP contribution >= 0.6 is 11.8 Å². The van der Waals surface area contributed by atoms with Gasteiger partial charge in [-0.25, -0.2) is 4.98 Å².